The molecule has 6 nitrogen and oxygen atoms in total. The average molecular weight is 415 g/mol. The van der Waals surface area contributed by atoms with Crippen molar-refractivity contribution in [2.24, 2.45) is 0 Å². The van der Waals surface area contributed by atoms with Crippen LogP contribution in [0.3, 0.4) is 0 Å². The molecule has 0 spiro atoms. The van der Waals surface area contributed by atoms with E-state index in [1.165, 1.54) is 0 Å². The maximum absolute atomic E-state index is 12.7. The Bertz CT molecular complexity index is 1170. The number of amides is 2. The van der Waals surface area contributed by atoms with Gasteiger partial charge in [-0.25, -0.2) is 4.79 Å². The van der Waals surface area contributed by atoms with E-state index in [9.17, 15) is 4.79 Å². The van der Waals surface area contributed by atoms with Crippen molar-refractivity contribution in [3.8, 4) is 11.5 Å². The van der Waals surface area contributed by atoms with Crippen LogP contribution in [0.4, 0.5) is 10.5 Å². The molecular formula is C25H25N3O3. The van der Waals surface area contributed by atoms with Gasteiger partial charge in [0.05, 0.1) is 19.9 Å². The van der Waals surface area contributed by atoms with Gasteiger partial charge in [0.1, 0.15) is 11.5 Å². The molecule has 0 saturated heterocycles. The molecule has 1 unspecified atom stereocenters. The lowest BCUT2D eigenvalue weighted by molar-refractivity contribution is 0.251. The van der Waals surface area contributed by atoms with Gasteiger partial charge >= 0.3 is 6.03 Å². The van der Waals surface area contributed by atoms with Crippen LogP contribution in [0.5, 0.6) is 11.5 Å². The number of hydrogen-bond acceptors (Lipinski definition) is 3. The molecule has 0 saturated carbocycles. The molecule has 3 aromatic carbocycles. The molecule has 2 amide bonds. The third kappa shape index (κ3) is 4.48. The van der Waals surface area contributed by atoms with Crippen molar-refractivity contribution < 1.29 is 14.3 Å². The number of hydrogen-bond donors (Lipinski definition) is 3. The lowest BCUT2D eigenvalue weighted by atomic mass is 9.91. The molecule has 1 atom stereocenters. The molecule has 0 fully saturated rings. The summed E-state index contributed by atoms with van der Waals surface area (Å²) in [4.78, 5) is 16.0. The molecular weight excluding hydrogens is 390 g/mol. The van der Waals surface area contributed by atoms with Crippen LogP contribution < -0.4 is 20.1 Å². The number of para-hydroxylation sites is 1. The highest BCUT2D eigenvalue weighted by atomic mass is 16.5. The van der Waals surface area contributed by atoms with Crippen molar-refractivity contribution >= 4 is 22.6 Å². The maximum Gasteiger partial charge on any atom is 0.319 e. The number of fused-ring (bicyclic) bond motifs is 1. The minimum absolute atomic E-state index is 0.000799. The van der Waals surface area contributed by atoms with E-state index in [1.807, 2.05) is 36.5 Å². The van der Waals surface area contributed by atoms with Gasteiger partial charge in [0.25, 0.3) is 0 Å². The summed E-state index contributed by atoms with van der Waals surface area (Å²) in [6, 6.07) is 23.3. The van der Waals surface area contributed by atoms with Crippen molar-refractivity contribution in [3.63, 3.8) is 0 Å². The second kappa shape index (κ2) is 9.26. The third-order valence-corrected chi connectivity index (χ3v) is 5.32. The van der Waals surface area contributed by atoms with Gasteiger partial charge in [0.15, 0.2) is 0 Å². The zero-order chi connectivity index (χ0) is 21.6. The first-order chi connectivity index (χ1) is 15.2. The van der Waals surface area contributed by atoms with Crippen LogP contribution >= 0.6 is 0 Å². The van der Waals surface area contributed by atoms with Crippen molar-refractivity contribution in [2.75, 3.05) is 26.1 Å². The summed E-state index contributed by atoms with van der Waals surface area (Å²) in [5.41, 5.74) is 3.92. The molecule has 6 heteroatoms. The van der Waals surface area contributed by atoms with Crippen LogP contribution in [-0.2, 0) is 0 Å². The number of anilines is 1. The number of rotatable bonds is 7. The highest BCUT2D eigenvalue weighted by Crippen LogP contribution is 2.31. The SMILES string of the molecule is COc1ccc(NC(=O)NCC(c2ccccc2)c2c[nH]c3ccccc23)c(OC)c1. The molecule has 0 aliphatic rings. The lowest BCUT2D eigenvalue weighted by Crippen LogP contribution is -2.32. The van der Waals surface area contributed by atoms with Gasteiger partial charge < -0.3 is 25.1 Å². The molecule has 4 rings (SSSR count). The molecule has 0 bridgehead atoms. The maximum atomic E-state index is 12.7. The predicted molar refractivity (Wildman–Crippen MR) is 123 cm³/mol. The van der Waals surface area contributed by atoms with Gasteiger partial charge in [-0.05, 0) is 29.3 Å². The fourth-order valence-electron chi connectivity index (χ4n) is 3.74. The van der Waals surface area contributed by atoms with Crippen molar-refractivity contribution in [1.29, 1.82) is 0 Å². The van der Waals surface area contributed by atoms with Crippen molar-refractivity contribution in [2.45, 2.75) is 5.92 Å². The van der Waals surface area contributed by atoms with E-state index in [1.54, 1.807) is 32.4 Å². The summed E-state index contributed by atoms with van der Waals surface area (Å²) in [6.45, 7) is 0.441. The first-order valence-corrected chi connectivity index (χ1v) is 10.1. The summed E-state index contributed by atoms with van der Waals surface area (Å²) in [5.74, 6) is 1.19. The van der Waals surface area contributed by atoms with Crippen LogP contribution in [0.15, 0.2) is 79.0 Å². The van der Waals surface area contributed by atoms with Gasteiger partial charge in [0, 0.05) is 35.6 Å². The summed E-state index contributed by atoms with van der Waals surface area (Å²) in [6.07, 6.45) is 2.02. The third-order valence-electron chi connectivity index (χ3n) is 5.32. The fraction of sp³-hybridized carbons (Fsp3) is 0.160. The van der Waals surface area contributed by atoms with Gasteiger partial charge in [-0.3, -0.25) is 0 Å². The van der Waals surface area contributed by atoms with Crippen molar-refractivity contribution in [3.05, 3.63) is 90.1 Å². The number of carbonyl (C=O) groups excluding carboxylic acids is 1. The van der Waals surface area contributed by atoms with Gasteiger partial charge in [0.2, 0.25) is 0 Å². The summed E-state index contributed by atoms with van der Waals surface area (Å²) in [5, 5.41) is 7.02. The Morgan fingerprint density at radius 1 is 0.968 bits per heavy atom. The molecule has 31 heavy (non-hydrogen) atoms. The van der Waals surface area contributed by atoms with E-state index in [2.05, 4.69) is 39.9 Å². The quantitative estimate of drug-likeness (QED) is 0.391. The molecule has 0 aliphatic carbocycles. The zero-order valence-electron chi connectivity index (χ0n) is 17.5. The fourth-order valence-corrected chi connectivity index (χ4v) is 3.74. The minimum atomic E-state index is -0.302. The lowest BCUT2D eigenvalue weighted by Gasteiger charge is -2.19. The average Bonchev–Trinajstić information content (AvgIpc) is 3.24. The normalized spacial score (nSPS) is 11.7. The second-order valence-electron chi connectivity index (χ2n) is 7.15. The Morgan fingerprint density at radius 3 is 2.52 bits per heavy atom. The standard InChI is InChI=1S/C25H25N3O3/c1-30-18-12-13-23(24(14-18)31-2)28-25(29)27-15-20(17-8-4-3-5-9-17)21-16-26-22-11-7-6-10-19(21)22/h3-14,16,20,26H,15H2,1-2H3,(H2,27,28,29). The van der Waals surface area contributed by atoms with Crippen LogP contribution in [0.1, 0.15) is 17.0 Å². The van der Waals surface area contributed by atoms with Crippen LogP contribution in [0, 0.1) is 0 Å². The second-order valence-corrected chi connectivity index (χ2v) is 7.15. The van der Waals surface area contributed by atoms with Gasteiger partial charge in [-0.1, -0.05) is 48.5 Å². The van der Waals surface area contributed by atoms with Crippen LogP contribution in [-0.4, -0.2) is 31.8 Å². The van der Waals surface area contributed by atoms with Crippen LogP contribution in [0.25, 0.3) is 10.9 Å². The minimum Gasteiger partial charge on any atom is -0.497 e. The number of urea groups is 1. The molecule has 3 N–H and O–H groups in total. The van der Waals surface area contributed by atoms with E-state index in [0.717, 1.165) is 22.0 Å². The molecule has 1 heterocycles. The van der Waals surface area contributed by atoms with E-state index >= 15 is 0 Å². The Morgan fingerprint density at radius 2 is 1.74 bits per heavy atom. The Hall–Kier alpha value is -3.93. The number of aromatic nitrogens is 1. The van der Waals surface area contributed by atoms with E-state index in [-0.39, 0.29) is 11.9 Å². The van der Waals surface area contributed by atoms with E-state index < -0.39 is 0 Å². The van der Waals surface area contributed by atoms with Crippen molar-refractivity contribution in [1.82, 2.24) is 10.3 Å². The topological polar surface area (TPSA) is 75.4 Å². The smallest absolute Gasteiger partial charge is 0.319 e. The van der Waals surface area contributed by atoms with Gasteiger partial charge in [-0.2, -0.15) is 0 Å². The Kier molecular flexibility index (Phi) is 6.08. The molecule has 4 aromatic rings. The summed E-state index contributed by atoms with van der Waals surface area (Å²) in [7, 11) is 3.14. The van der Waals surface area contributed by atoms with E-state index in [4.69, 9.17) is 9.47 Å². The number of H-pyrrole nitrogens is 1. The van der Waals surface area contributed by atoms with E-state index in [0.29, 0.717) is 23.7 Å². The number of methoxy groups -OCH3 is 2. The van der Waals surface area contributed by atoms with Crippen LogP contribution in [0.2, 0.25) is 0 Å². The largest absolute Gasteiger partial charge is 0.497 e. The van der Waals surface area contributed by atoms with Gasteiger partial charge in [-0.15, -0.1) is 0 Å². The molecule has 1 aromatic heterocycles. The first-order valence-electron chi connectivity index (χ1n) is 10.1. The highest BCUT2D eigenvalue weighted by molar-refractivity contribution is 5.91. The molecule has 0 radical (unpaired) electrons. The number of aromatic amines is 1. The number of carbonyl (C=O) groups is 1. The number of benzene rings is 3. The first kappa shape index (κ1) is 20.3. The molecule has 158 valence electrons. The number of nitrogens with one attached hydrogen (secondary N) is 3. The zero-order valence-corrected chi connectivity index (χ0v) is 17.5. The summed E-state index contributed by atoms with van der Waals surface area (Å²) < 4.78 is 10.6. The monoisotopic (exact) mass is 415 g/mol. The highest BCUT2D eigenvalue weighted by Gasteiger charge is 2.19. The summed E-state index contributed by atoms with van der Waals surface area (Å²) >= 11 is 0. The Balaban J connectivity index is 1.54. The predicted octanol–water partition coefficient (Wildman–Crippen LogP) is 5.14. The molecule has 0 aliphatic heterocycles. The number of ether oxygens (including phenoxy) is 2. The Labute approximate surface area is 181 Å².